The third kappa shape index (κ3) is 3.32. The smallest absolute Gasteiger partial charge is 0.345 e. The summed E-state index contributed by atoms with van der Waals surface area (Å²) in [6.07, 6.45) is 0. The van der Waals surface area contributed by atoms with Crippen LogP contribution in [0.5, 0.6) is 0 Å². The van der Waals surface area contributed by atoms with Gasteiger partial charge in [0.15, 0.2) is 0 Å². The molecule has 100 valence electrons. The Hall–Kier alpha value is -1.88. The predicted octanol–water partition coefficient (Wildman–Crippen LogP) is 3.61. The Balaban J connectivity index is 2.16. The zero-order chi connectivity index (χ0) is 13.8. The van der Waals surface area contributed by atoms with Gasteiger partial charge in [0.2, 0.25) is 0 Å². The maximum atomic E-state index is 13.2. The Bertz CT molecular complexity index is 582. The molecule has 0 saturated heterocycles. The van der Waals surface area contributed by atoms with E-state index in [9.17, 15) is 9.18 Å². The molecule has 19 heavy (non-hydrogen) atoms. The van der Waals surface area contributed by atoms with Crippen LogP contribution in [0.3, 0.4) is 0 Å². The van der Waals surface area contributed by atoms with Gasteiger partial charge in [0.25, 0.3) is 0 Å². The highest BCUT2D eigenvalue weighted by Crippen LogP contribution is 2.22. The van der Waals surface area contributed by atoms with Crippen molar-refractivity contribution in [2.24, 2.45) is 0 Å². The van der Waals surface area contributed by atoms with E-state index in [4.69, 9.17) is 5.11 Å². The van der Waals surface area contributed by atoms with E-state index in [1.54, 1.807) is 18.2 Å². The zero-order valence-electron chi connectivity index (χ0n) is 10.5. The Morgan fingerprint density at radius 2 is 2.16 bits per heavy atom. The minimum Gasteiger partial charge on any atom is -0.477 e. The first-order valence-corrected chi connectivity index (χ1v) is 6.74. The van der Waals surface area contributed by atoms with E-state index in [0.717, 1.165) is 17.1 Å². The summed E-state index contributed by atoms with van der Waals surface area (Å²) in [4.78, 5) is 14.1. The molecule has 0 bridgehead atoms. The third-order valence-corrected chi connectivity index (χ3v) is 3.83. The van der Waals surface area contributed by atoms with Crippen molar-refractivity contribution >= 4 is 23.0 Å². The summed E-state index contributed by atoms with van der Waals surface area (Å²) < 4.78 is 13.2. The highest BCUT2D eigenvalue weighted by Gasteiger charge is 2.11. The van der Waals surface area contributed by atoms with E-state index in [1.807, 2.05) is 17.9 Å². The largest absolute Gasteiger partial charge is 0.477 e. The van der Waals surface area contributed by atoms with Crippen LogP contribution in [0.4, 0.5) is 10.1 Å². The second-order valence-electron chi connectivity index (χ2n) is 4.07. The molecule has 0 aliphatic rings. The summed E-state index contributed by atoms with van der Waals surface area (Å²) >= 11 is 1.25. The van der Waals surface area contributed by atoms with Gasteiger partial charge in [0.1, 0.15) is 10.7 Å². The molecule has 5 heteroatoms. The summed E-state index contributed by atoms with van der Waals surface area (Å²) in [5.74, 6) is -1.18. The number of nitrogens with zero attached hydrogens (tertiary/aromatic N) is 1. The Morgan fingerprint density at radius 3 is 2.74 bits per heavy atom. The van der Waals surface area contributed by atoms with E-state index >= 15 is 0 Å². The molecule has 1 aromatic heterocycles. The molecule has 2 aromatic rings. The number of aromatic carboxylic acids is 1. The van der Waals surface area contributed by atoms with Crippen molar-refractivity contribution in [2.75, 3.05) is 11.4 Å². The lowest BCUT2D eigenvalue weighted by Gasteiger charge is -2.22. The summed E-state index contributed by atoms with van der Waals surface area (Å²) in [5, 5.41) is 8.89. The molecule has 0 radical (unpaired) electrons. The molecule has 3 nitrogen and oxygen atoms in total. The van der Waals surface area contributed by atoms with Gasteiger partial charge in [-0.25, -0.2) is 9.18 Å². The molecule has 0 saturated carbocycles. The molecule has 0 spiro atoms. The zero-order valence-corrected chi connectivity index (χ0v) is 11.3. The number of carbonyl (C=O) groups is 1. The number of hydrogen-bond donors (Lipinski definition) is 1. The van der Waals surface area contributed by atoms with Gasteiger partial charge >= 0.3 is 5.97 Å². The molecule has 0 fully saturated rings. The van der Waals surface area contributed by atoms with E-state index in [2.05, 4.69) is 0 Å². The monoisotopic (exact) mass is 279 g/mol. The molecule has 0 amide bonds. The van der Waals surface area contributed by atoms with Crippen LogP contribution in [-0.4, -0.2) is 17.6 Å². The SMILES string of the molecule is CCN(Cc1ccc(C(=O)O)s1)c1cccc(F)c1. The third-order valence-electron chi connectivity index (χ3n) is 2.77. The average Bonchev–Trinajstić information content (AvgIpc) is 2.84. The van der Waals surface area contributed by atoms with E-state index in [0.29, 0.717) is 11.4 Å². The van der Waals surface area contributed by atoms with E-state index in [-0.39, 0.29) is 5.82 Å². The fourth-order valence-electron chi connectivity index (χ4n) is 1.82. The minimum atomic E-state index is -0.912. The first kappa shape index (κ1) is 13.5. The lowest BCUT2D eigenvalue weighted by Crippen LogP contribution is -2.21. The van der Waals surface area contributed by atoms with E-state index < -0.39 is 5.97 Å². The number of thiophene rings is 1. The first-order valence-electron chi connectivity index (χ1n) is 5.92. The van der Waals surface area contributed by atoms with Crippen LogP contribution in [0.2, 0.25) is 0 Å². The van der Waals surface area contributed by atoms with Crippen molar-refractivity contribution in [3.05, 3.63) is 52.0 Å². The molecular formula is C14H14FNO2S. The lowest BCUT2D eigenvalue weighted by molar-refractivity contribution is 0.0702. The van der Waals surface area contributed by atoms with Crippen molar-refractivity contribution in [2.45, 2.75) is 13.5 Å². The summed E-state index contributed by atoms with van der Waals surface area (Å²) in [5.41, 5.74) is 0.799. The molecule has 1 N–H and O–H groups in total. The number of anilines is 1. The van der Waals surface area contributed by atoms with Crippen LogP contribution in [0.25, 0.3) is 0 Å². The maximum absolute atomic E-state index is 13.2. The second kappa shape index (κ2) is 5.84. The fourth-order valence-corrected chi connectivity index (χ4v) is 2.69. The Morgan fingerprint density at radius 1 is 1.37 bits per heavy atom. The van der Waals surface area contributed by atoms with Crippen LogP contribution in [0.15, 0.2) is 36.4 Å². The van der Waals surface area contributed by atoms with Gasteiger partial charge in [-0.15, -0.1) is 11.3 Å². The van der Waals surface area contributed by atoms with Crippen molar-refractivity contribution in [1.29, 1.82) is 0 Å². The van der Waals surface area contributed by atoms with Gasteiger partial charge in [-0.2, -0.15) is 0 Å². The van der Waals surface area contributed by atoms with Gasteiger partial charge in [-0.05, 0) is 37.3 Å². The number of halogens is 1. The molecule has 1 heterocycles. The van der Waals surface area contributed by atoms with Crippen molar-refractivity contribution in [1.82, 2.24) is 0 Å². The molecule has 0 atom stereocenters. The van der Waals surface area contributed by atoms with Gasteiger partial charge in [0, 0.05) is 17.1 Å². The number of carboxylic acids is 1. The van der Waals surface area contributed by atoms with Gasteiger partial charge < -0.3 is 10.0 Å². The van der Waals surface area contributed by atoms with Crippen molar-refractivity contribution in [3.63, 3.8) is 0 Å². The number of rotatable bonds is 5. The van der Waals surface area contributed by atoms with Crippen LogP contribution in [-0.2, 0) is 6.54 Å². The topological polar surface area (TPSA) is 40.5 Å². The predicted molar refractivity (Wildman–Crippen MR) is 74.4 cm³/mol. The molecule has 0 aliphatic heterocycles. The van der Waals surface area contributed by atoms with Crippen LogP contribution in [0.1, 0.15) is 21.5 Å². The maximum Gasteiger partial charge on any atom is 0.345 e. The molecule has 1 aromatic carbocycles. The summed E-state index contributed by atoms with van der Waals surface area (Å²) in [7, 11) is 0. The number of carboxylic acid groups (broad SMARTS) is 1. The normalized spacial score (nSPS) is 10.4. The molecule has 0 unspecified atom stereocenters. The standard InChI is InChI=1S/C14H14FNO2S/c1-2-16(11-5-3-4-10(15)8-11)9-12-6-7-13(19-12)14(17)18/h3-8H,2,9H2,1H3,(H,17,18). The first-order chi connectivity index (χ1) is 9.10. The highest BCUT2D eigenvalue weighted by molar-refractivity contribution is 7.13. The number of benzene rings is 1. The fraction of sp³-hybridized carbons (Fsp3) is 0.214. The van der Waals surface area contributed by atoms with Crippen LogP contribution in [0, 0.1) is 5.82 Å². The van der Waals surface area contributed by atoms with Crippen LogP contribution >= 0.6 is 11.3 Å². The highest BCUT2D eigenvalue weighted by atomic mass is 32.1. The van der Waals surface area contributed by atoms with Gasteiger partial charge in [-0.3, -0.25) is 0 Å². The molecule has 2 rings (SSSR count). The van der Waals surface area contributed by atoms with Crippen molar-refractivity contribution in [3.8, 4) is 0 Å². The summed E-state index contributed by atoms with van der Waals surface area (Å²) in [6.45, 7) is 3.29. The second-order valence-corrected chi connectivity index (χ2v) is 5.23. The van der Waals surface area contributed by atoms with Gasteiger partial charge in [0.05, 0.1) is 6.54 Å². The molecular weight excluding hydrogens is 265 g/mol. The van der Waals surface area contributed by atoms with E-state index in [1.165, 1.54) is 23.5 Å². The van der Waals surface area contributed by atoms with Gasteiger partial charge in [-0.1, -0.05) is 6.07 Å². The Labute approximate surface area is 114 Å². The number of hydrogen-bond acceptors (Lipinski definition) is 3. The Kier molecular flexibility index (Phi) is 4.16. The average molecular weight is 279 g/mol. The molecule has 0 aliphatic carbocycles. The van der Waals surface area contributed by atoms with Crippen LogP contribution < -0.4 is 4.90 Å². The van der Waals surface area contributed by atoms with Crippen molar-refractivity contribution < 1.29 is 14.3 Å². The quantitative estimate of drug-likeness (QED) is 0.909. The lowest BCUT2D eigenvalue weighted by atomic mass is 10.2. The minimum absolute atomic E-state index is 0.270. The summed E-state index contributed by atoms with van der Waals surface area (Å²) in [6, 6.07) is 9.81.